The fourth-order valence-corrected chi connectivity index (χ4v) is 4.96. The molecule has 1 N–H and O–H groups in total. The summed E-state index contributed by atoms with van der Waals surface area (Å²) in [6.07, 6.45) is 12.8. The molecule has 1 aromatic carbocycles. The summed E-state index contributed by atoms with van der Waals surface area (Å²) in [6.45, 7) is 2.02. The van der Waals surface area contributed by atoms with Gasteiger partial charge in [-0.15, -0.1) is 0 Å². The number of ether oxygens (including phenoxy) is 1. The van der Waals surface area contributed by atoms with Gasteiger partial charge in [-0.2, -0.15) is 5.26 Å². The second kappa shape index (κ2) is 9.70. The van der Waals surface area contributed by atoms with Gasteiger partial charge in [0.15, 0.2) is 0 Å². The molecule has 31 heavy (non-hydrogen) atoms. The highest BCUT2D eigenvalue weighted by atomic mass is 35.5. The van der Waals surface area contributed by atoms with Gasteiger partial charge in [-0.3, -0.25) is 9.79 Å². The number of nitriles is 1. The van der Waals surface area contributed by atoms with E-state index in [0.29, 0.717) is 33.9 Å². The highest BCUT2D eigenvalue weighted by molar-refractivity contribution is 6.31. The highest BCUT2D eigenvalue weighted by Gasteiger charge is 2.43. The molecule has 0 saturated heterocycles. The molecule has 162 valence electrons. The molecule has 0 bridgehead atoms. The fraction of sp³-hybridized carbons (Fsp3) is 0.480. The Balaban J connectivity index is 1.28. The third kappa shape index (κ3) is 5.57. The first-order valence-corrected chi connectivity index (χ1v) is 11.5. The van der Waals surface area contributed by atoms with Gasteiger partial charge in [0.25, 0.3) is 5.91 Å². The van der Waals surface area contributed by atoms with Gasteiger partial charge in [0, 0.05) is 18.3 Å². The van der Waals surface area contributed by atoms with Crippen molar-refractivity contribution in [1.29, 1.82) is 5.26 Å². The van der Waals surface area contributed by atoms with Crippen molar-refractivity contribution in [2.45, 2.75) is 64.0 Å². The standard InChI is InChI=1S/C25H28ClN3O2/c1-2-3-24(28-9-8-16-4-5-16)25(30)29-20-10-18-12-22(13-19(18)11-20)31-21-7-6-17(15-27)23(26)14-21/h3,6-9,14,18-20,22H,2,4-5,10-13H2,1H3,(H,29,30)/b24-3-,28-9?. The van der Waals surface area contributed by atoms with Gasteiger partial charge in [0.1, 0.15) is 17.5 Å². The highest BCUT2D eigenvalue weighted by Crippen LogP contribution is 2.45. The van der Waals surface area contributed by atoms with E-state index in [1.165, 1.54) is 5.57 Å². The summed E-state index contributed by atoms with van der Waals surface area (Å²) in [5.74, 6) is 1.77. The predicted molar refractivity (Wildman–Crippen MR) is 122 cm³/mol. The van der Waals surface area contributed by atoms with Crippen LogP contribution in [0.25, 0.3) is 0 Å². The lowest BCUT2D eigenvalue weighted by atomic mass is 10.0. The zero-order chi connectivity index (χ0) is 21.8. The molecule has 0 aliphatic heterocycles. The van der Waals surface area contributed by atoms with Crippen LogP contribution in [0.5, 0.6) is 5.75 Å². The number of hydrogen-bond donors (Lipinski definition) is 1. The van der Waals surface area contributed by atoms with Crippen LogP contribution in [0.4, 0.5) is 0 Å². The molecule has 0 spiro atoms. The fourth-order valence-electron chi connectivity index (χ4n) is 4.75. The number of aliphatic imine (C=N–C) groups is 1. The van der Waals surface area contributed by atoms with Crippen LogP contribution in [0.2, 0.25) is 5.02 Å². The first-order chi connectivity index (χ1) is 15.1. The molecule has 0 aromatic heterocycles. The van der Waals surface area contributed by atoms with Crippen LogP contribution in [-0.2, 0) is 4.79 Å². The van der Waals surface area contributed by atoms with Crippen molar-refractivity contribution >= 4 is 23.7 Å². The van der Waals surface area contributed by atoms with Crippen molar-refractivity contribution < 1.29 is 9.53 Å². The zero-order valence-electron chi connectivity index (χ0n) is 17.8. The van der Waals surface area contributed by atoms with Crippen LogP contribution in [-0.4, -0.2) is 24.3 Å². The summed E-state index contributed by atoms with van der Waals surface area (Å²) in [4.78, 5) is 17.1. The molecule has 0 radical (unpaired) electrons. The minimum atomic E-state index is -0.0719. The molecular weight excluding hydrogens is 410 g/mol. The number of rotatable bonds is 7. The van der Waals surface area contributed by atoms with Crippen molar-refractivity contribution in [2.75, 3.05) is 0 Å². The van der Waals surface area contributed by atoms with E-state index in [9.17, 15) is 4.79 Å². The van der Waals surface area contributed by atoms with Crippen molar-refractivity contribution in [3.05, 3.63) is 52.2 Å². The lowest BCUT2D eigenvalue weighted by Gasteiger charge is -2.18. The van der Waals surface area contributed by atoms with Gasteiger partial charge in [-0.1, -0.05) is 30.2 Å². The number of allylic oxidation sites excluding steroid dienone is 3. The molecule has 0 heterocycles. The summed E-state index contributed by atoms with van der Waals surface area (Å²) in [5, 5.41) is 12.6. The Bertz CT molecular complexity index is 955. The second-order valence-corrected chi connectivity index (χ2v) is 9.13. The Morgan fingerprint density at radius 3 is 2.65 bits per heavy atom. The average molecular weight is 438 g/mol. The van der Waals surface area contributed by atoms with Crippen molar-refractivity contribution in [2.24, 2.45) is 16.8 Å². The average Bonchev–Trinajstić information content (AvgIpc) is 3.38. The molecule has 6 heteroatoms. The third-order valence-electron chi connectivity index (χ3n) is 6.36. The first kappa shape index (κ1) is 21.6. The van der Waals surface area contributed by atoms with E-state index >= 15 is 0 Å². The molecule has 2 atom stereocenters. The molecule has 4 rings (SSSR count). The van der Waals surface area contributed by atoms with Gasteiger partial charge in [-0.25, -0.2) is 0 Å². The van der Waals surface area contributed by atoms with Crippen molar-refractivity contribution in [3.8, 4) is 11.8 Å². The predicted octanol–water partition coefficient (Wildman–Crippen LogP) is 5.35. The number of benzene rings is 1. The topological polar surface area (TPSA) is 74.5 Å². The number of amides is 1. The Hall–Kier alpha value is -2.58. The van der Waals surface area contributed by atoms with Crippen LogP contribution in [0.1, 0.15) is 57.4 Å². The lowest BCUT2D eigenvalue weighted by Crippen LogP contribution is -2.34. The minimum absolute atomic E-state index is 0.0719. The van der Waals surface area contributed by atoms with Gasteiger partial charge in [-0.05, 0) is 75.0 Å². The minimum Gasteiger partial charge on any atom is -0.490 e. The van der Waals surface area contributed by atoms with Crippen molar-refractivity contribution in [1.82, 2.24) is 5.32 Å². The van der Waals surface area contributed by atoms with Crippen LogP contribution in [0.3, 0.4) is 0 Å². The van der Waals surface area contributed by atoms with Gasteiger partial charge >= 0.3 is 0 Å². The molecule has 3 aliphatic carbocycles. The smallest absolute Gasteiger partial charge is 0.269 e. The van der Waals surface area contributed by atoms with E-state index < -0.39 is 0 Å². The normalized spacial score (nSPS) is 27.1. The van der Waals surface area contributed by atoms with Gasteiger partial charge in [0.05, 0.1) is 16.7 Å². The molecule has 3 aliphatic rings. The monoisotopic (exact) mass is 437 g/mol. The summed E-state index contributed by atoms with van der Waals surface area (Å²) in [7, 11) is 0. The van der Waals surface area contributed by atoms with E-state index in [4.69, 9.17) is 21.6 Å². The van der Waals surface area contributed by atoms with Crippen LogP contribution >= 0.6 is 11.6 Å². The quantitative estimate of drug-likeness (QED) is 0.461. The van der Waals surface area contributed by atoms with Crippen LogP contribution in [0, 0.1) is 23.2 Å². The number of carbonyl (C=O) groups is 1. The number of fused-ring (bicyclic) bond motifs is 1. The van der Waals surface area contributed by atoms with Gasteiger partial charge in [0.2, 0.25) is 0 Å². The largest absolute Gasteiger partial charge is 0.490 e. The maximum absolute atomic E-state index is 12.7. The molecule has 5 nitrogen and oxygen atoms in total. The summed E-state index contributed by atoms with van der Waals surface area (Å²) in [5.41, 5.74) is 2.36. The molecule has 3 fully saturated rings. The SMILES string of the molecule is CC/C=C(\N=CC=C1CC1)C(=O)NC1CC2CC(Oc3ccc(C#N)c(Cl)c3)CC2C1. The van der Waals surface area contributed by atoms with Gasteiger partial charge < -0.3 is 10.1 Å². The molecule has 1 amide bonds. The maximum Gasteiger partial charge on any atom is 0.269 e. The van der Waals surface area contributed by atoms with E-state index in [2.05, 4.69) is 16.4 Å². The zero-order valence-corrected chi connectivity index (χ0v) is 18.6. The summed E-state index contributed by atoms with van der Waals surface area (Å²) in [6, 6.07) is 7.49. The van der Waals surface area contributed by atoms with Crippen LogP contribution in [0.15, 0.2) is 46.6 Å². The van der Waals surface area contributed by atoms with E-state index in [1.54, 1.807) is 18.3 Å². The van der Waals surface area contributed by atoms with Crippen LogP contribution < -0.4 is 10.1 Å². The molecule has 2 unspecified atom stereocenters. The summed E-state index contributed by atoms with van der Waals surface area (Å²) < 4.78 is 6.13. The Kier molecular flexibility index (Phi) is 6.77. The van der Waals surface area contributed by atoms with E-state index in [-0.39, 0.29) is 18.1 Å². The lowest BCUT2D eigenvalue weighted by molar-refractivity contribution is -0.118. The molecule has 3 saturated carbocycles. The molecular formula is C25H28ClN3O2. The maximum atomic E-state index is 12.7. The molecule has 1 aromatic rings. The number of halogens is 1. The third-order valence-corrected chi connectivity index (χ3v) is 6.68. The number of hydrogen-bond acceptors (Lipinski definition) is 4. The van der Waals surface area contributed by atoms with E-state index in [1.807, 2.05) is 25.1 Å². The van der Waals surface area contributed by atoms with E-state index in [0.717, 1.165) is 44.9 Å². The Labute approximate surface area is 188 Å². The Morgan fingerprint density at radius 2 is 2.03 bits per heavy atom. The number of carbonyl (C=O) groups excluding carboxylic acids is 1. The first-order valence-electron chi connectivity index (χ1n) is 11.1. The number of nitrogens with zero attached hydrogens (tertiary/aromatic N) is 2. The summed E-state index contributed by atoms with van der Waals surface area (Å²) >= 11 is 6.12. The Morgan fingerprint density at radius 1 is 1.29 bits per heavy atom. The van der Waals surface area contributed by atoms with Crippen molar-refractivity contribution in [3.63, 3.8) is 0 Å². The second-order valence-electron chi connectivity index (χ2n) is 8.73. The number of nitrogens with one attached hydrogen (secondary N) is 1.